The van der Waals surface area contributed by atoms with Crippen molar-refractivity contribution in [2.24, 2.45) is 5.92 Å². The number of methoxy groups -OCH3 is 1. The average molecular weight is 418 g/mol. The molecule has 3 aromatic rings. The number of hydrogen-bond donors (Lipinski definition) is 2. The van der Waals surface area contributed by atoms with Crippen molar-refractivity contribution in [1.82, 2.24) is 9.97 Å². The molecule has 0 aliphatic carbocycles. The third-order valence-electron chi connectivity index (χ3n) is 5.14. The Hall–Kier alpha value is -3.94. The molecule has 0 spiro atoms. The molecule has 8 nitrogen and oxygen atoms in total. The van der Waals surface area contributed by atoms with Gasteiger partial charge in [0.05, 0.1) is 36.8 Å². The fraction of sp³-hybridized carbons (Fsp3) is 0.217. The van der Waals surface area contributed by atoms with Gasteiger partial charge in [-0.25, -0.2) is 9.97 Å². The molecule has 2 N–H and O–H groups in total. The lowest BCUT2D eigenvalue weighted by Gasteiger charge is -2.20. The van der Waals surface area contributed by atoms with Gasteiger partial charge in [0.25, 0.3) is 0 Å². The molecular weight excluding hydrogens is 396 g/mol. The van der Waals surface area contributed by atoms with E-state index in [4.69, 9.17) is 4.74 Å². The van der Waals surface area contributed by atoms with Crippen LogP contribution in [0.4, 0.5) is 11.4 Å². The Balaban J connectivity index is 1.45. The van der Waals surface area contributed by atoms with Gasteiger partial charge in [0.15, 0.2) is 5.82 Å². The van der Waals surface area contributed by atoms with Crippen molar-refractivity contribution in [3.63, 3.8) is 0 Å². The molecule has 2 amide bonds. The van der Waals surface area contributed by atoms with Crippen LogP contribution in [0.3, 0.4) is 0 Å². The van der Waals surface area contributed by atoms with E-state index >= 15 is 0 Å². The average Bonchev–Trinajstić information content (AvgIpc) is 3.16. The van der Waals surface area contributed by atoms with Crippen LogP contribution >= 0.6 is 0 Å². The first-order chi connectivity index (χ1) is 14.9. The van der Waals surface area contributed by atoms with Gasteiger partial charge in [0, 0.05) is 18.5 Å². The van der Waals surface area contributed by atoms with Crippen molar-refractivity contribution in [2.75, 3.05) is 23.9 Å². The van der Waals surface area contributed by atoms with E-state index in [1.807, 2.05) is 25.1 Å². The smallest absolute Gasteiger partial charge is 0.229 e. The van der Waals surface area contributed by atoms with Crippen LogP contribution in [-0.2, 0) is 9.59 Å². The molecule has 1 atom stereocenters. The standard InChI is InChI=1S/C23H22N4O4/c1-14-6-7-20(31-2)19(8-14)27-13-16(10-21(27)29)23(30)26-17-11-24-22(25-12-17)15-4-3-5-18(28)9-15/h3-9,11-12,16,28H,10,13H2,1-2H3,(H,26,30). The molecular formula is C23H22N4O4. The summed E-state index contributed by atoms with van der Waals surface area (Å²) in [4.78, 5) is 35.4. The number of ether oxygens (including phenoxy) is 1. The van der Waals surface area contributed by atoms with E-state index in [1.165, 1.54) is 12.4 Å². The molecule has 4 rings (SSSR count). The number of aromatic hydroxyl groups is 1. The Kier molecular flexibility index (Phi) is 5.53. The molecule has 2 heterocycles. The Morgan fingerprint density at radius 2 is 1.97 bits per heavy atom. The third kappa shape index (κ3) is 4.32. The minimum absolute atomic E-state index is 0.116. The fourth-order valence-electron chi connectivity index (χ4n) is 3.56. The molecule has 158 valence electrons. The van der Waals surface area contributed by atoms with E-state index in [0.29, 0.717) is 28.5 Å². The predicted octanol–water partition coefficient (Wildman–Crippen LogP) is 3.16. The van der Waals surface area contributed by atoms with Crippen LogP contribution in [0.5, 0.6) is 11.5 Å². The zero-order valence-corrected chi connectivity index (χ0v) is 17.2. The van der Waals surface area contributed by atoms with Crippen molar-refractivity contribution < 1.29 is 19.4 Å². The number of nitrogens with one attached hydrogen (secondary N) is 1. The van der Waals surface area contributed by atoms with Gasteiger partial charge in [-0.1, -0.05) is 18.2 Å². The number of phenols is 1. The highest BCUT2D eigenvalue weighted by Crippen LogP contribution is 2.34. The summed E-state index contributed by atoms with van der Waals surface area (Å²) in [5.74, 6) is 0.261. The summed E-state index contributed by atoms with van der Waals surface area (Å²) in [5, 5.41) is 12.4. The van der Waals surface area contributed by atoms with Crippen LogP contribution < -0.4 is 15.0 Å². The van der Waals surface area contributed by atoms with E-state index in [1.54, 1.807) is 36.3 Å². The fourth-order valence-corrected chi connectivity index (χ4v) is 3.56. The van der Waals surface area contributed by atoms with Crippen molar-refractivity contribution >= 4 is 23.2 Å². The molecule has 1 saturated heterocycles. The normalized spacial score (nSPS) is 15.7. The predicted molar refractivity (Wildman–Crippen MR) is 116 cm³/mol. The highest BCUT2D eigenvalue weighted by Gasteiger charge is 2.36. The van der Waals surface area contributed by atoms with Gasteiger partial charge in [0.1, 0.15) is 11.5 Å². The largest absolute Gasteiger partial charge is 0.508 e. The van der Waals surface area contributed by atoms with Gasteiger partial charge < -0.3 is 20.1 Å². The van der Waals surface area contributed by atoms with E-state index in [-0.39, 0.29) is 30.5 Å². The van der Waals surface area contributed by atoms with Crippen LogP contribution in [0.2, 0.25) is 0 Å². The van der Waals surface area contributed by atoms with Gasteiger partial charge >= 0.3 is 0 Å². The van der Waals surface area contributed by atoms with Crippen molar-refractivity contribution in [2.45, 2.75) is 13.3 Å². The van der Waals surface area contributed by atoms with Gasteiger partial charge in [-0.15, -0.1) is 0 Å². The zero-order chi connectivity index (χ0) is 22.0. The maximum Gasteiger partial charge on any atom is 0.229 e. The molecule has 1 aliphatic rings. The van der Waals surface area contributed by atoms with Crippen molar-refractivity contribution in [3.8, 4) is 22.9 Å². The number of carbonyl (C=O) groups excluding carboxylic acids is 2. The molecule has 8 heteroatoms. The zero-order valence-electron chi connectivity index (χ0n) is 17.2. The first-order valence-corrected chi connectivity index (χ1v) is 9.82. The molecule has 0 bridgehead atoms. The highest BCUT2D eigenvalue weighted by molar-refractivity contribution is 6.04. The summed E-state index contributed by atoms with van der Waals surface area (Å²) in [7, 11) is 1.55. The Labute approximate surface area is 179 Å². The monoisotopic (exact) mass is 418 g/mol. The van der Waals surface area contributed by atoms with Crippen molar-refractivity contribution in [3.05, 3.63) is 60.4 Å². The lowest BCUT2D eigenvalue weighted by atomic mass is 10.1. The van der Waals surface area contributed by atoms with Crippen LogP contribution in [0.15, 0.2) is 54.9 Å². The number of hydrogen-bond acceptors (Lipinski definition) is 6. The summed E-state index contributed by atoms with van der Waals surface area (Å²) in [6.07, 6.45) is 3.12. The highest BCUT2D eigenvalue weighted by atomic mass is 16.5. The first-order valence-electron chi connectivity index (χ1n) is 9.82. The minimum atomic E-state index is -0.497. The Morgan fingerprint density at radius 3 is 2.68 bits per heavy atom. The molecule has 0 saturated carbocycles. The van der Waals surface area contributed by atoms with Crippen molar-refractivity contribution in [1.29, 1.82) is 0 Å². The van der Waals surface area contributed by atoms with E-state index in [2.05, 4.69) is 15.3 Å². The maximum absolute atomic E-state index is 12.7. The molecule has 0 radical (unpaired) electrons. The van der Waals surface area contributed by atoms with Crippen LogP contribution in [0, 0.1) is 12.8 Å². The summed E-state index contributed by atoms with van der Waals surface area (Å²) < 4.78 is 5.38. The maximum atomic E-state index is 12.7. The second-order valence-electron chi connectivity index (χ2n) is 7.42. The summed E-state index contributed by atoms with van der Waals surface area (Å²) in [6.45, 7) is 2.21. The molecule has 2 aromatic carbocycles. The molecule has 31 heavy (non-hydrogen) atoms. The lowest BCUT2D eigenvalue weighted by molar-refractivity contribution is -0.122. The van der Waals surface area contributed by atoms with Crippen LogP contribution in [-0.4, -0.2) is 40.5 Å². The summed E-state index contributed by atoms with van der Waals surface area (Å²) >= 11 is 0. The second kappa shape index (κ2) is 8.43. The van der Waals surface area contributed by atoms with Gasteiger partial charge in [-0.05, 0) is 36.8 Å². The van der Waals surface area contributed by atoms with Gasteiger partial charge in [-0.2, -0.15) is 0 Å². The summed E-state index contributed by atoms with van der Waals surface area (Å²) in [6, 6.07) is 12.2. The SMILES string of the molecule is COc1ccc(C)cc1N1CC(C(=O)Nc2cnc(-c3cccc(O)c3)nc2)CC1=O. The number of carbonyl (C=O) groups is 2. The molecule has 1 fully saturated rings. The number of amides is 2. The van der Waals surface area contributed by atoms with Gasteiger partial charge in [0.2, 0.25) is 11.8 Å². The quantitative estimate of drug-likeness (QED) is 0.660. The number of benzene rings is 2. The number of anilines is 2. The van der Waals surface area contributed by atoms with Crippen LogP contribution in [0.1, 0.15) is 12.0 Å². The number of rotatable bonds is 5. The Bertz CT molecular complexity index is 1130. The lowest BCUT2D eigenvalue weighted by Crippen LogP contribution is -2.28. The number of phenolic OH excluding ortho intramolecular Hbond substituents is 1. The van der Waals surface area contributed by atoms with Crippen LogP contribution in [0.25, 0.3) is 11.4 Å². The number of nitrogens with zero attached hydrogens (tertiary/aromatic N) is 3. The van der Waals surface area contributed by atoms with E-state index < -0.39 is 5.92 Å². The van der Waals surface area contributed by atoms with E-state index in [0.717, 1.165) is 5.56 Å². The molecule has 1 aliphatic heterocycles. The minimum Gasteiger partial charge on any atom is -0.508 e. The summed E-state index contributed by atoms with van der Waals surface area (Å²) in [5.41, 5.74) is 2.78. The molecule has 1 aromatic heterocycles. The Morgan fingerprint density at radius 1 is 1.19 bits per heavy atom. The number of aryl methyl sites for hydroxylation is 1. The first kappa shape index (κ1) is 20.3. The number of aromatic nitrogens is 2. The third-order valence-corrected chi connectivity index (χ3v) is 5.14. The molecule has 1 unspecified atom stereocenters. The van der Waals surface area contributed by atoms with Gasteiger partial charge in [-0.3, -0.25) is 9.59 Å². The van der Waals surface area contributed by atoms with E-state index in [9.17, 15) is 14.7 Å². The second-order valence-corrected chi connectivity index (χ2v) is 7.42. The topological polar surface area (TPSA) is 105 Å².